The van der Waals surface area contributed by atoms with Crippen molar-refractivity contribution in [2.24, 2.45) is 11.8 Å². The Labute approximate surface area is 168 Å². The van der Waals surface area contributed by atoms with Gasteiger partial charge in [0.2, 0.25) is 5.91 Å². The van der Waals surface area contributed by atoms with Crippen LogP contribution in [-0.4, -0.2) is 39.3 Å². The highest BCUT2D eigenvalue weighted by Gasteiger charge is 2.30. The van der Waals surface area contributed by atoms with Gasteiger partial charge in [0.15, 0.2) is 17.7 Å². The molecule has 1 saturated heterocycles. The van der Waals surface area contributed by atoms with Gasteiger partial charge in [0.1, 0.15) is 0 Å². The highest BCUT2D eigenvalue weighted by atomic mass is 32.2. The van der Waals surface area contributed by atoms with Gasteiger partial charge in [-0.15, -0.1) is 10.2 Å². The Morgan fingerprint density at radius 2 is 1.93 bits per heavy atom. The van der Waals surface area contributed by atoms with Crippen LogP contribution in [0.25, 0.3) is 0 Å². The van der Waals surface area contributed by atoms with Gasteiger partial charge in [-0.3, -0.25) is 4.79 Å². The molecule has 6 nitrogen and oxygen atoms in total. The third-order valence-electron chi connectivity index (χ3n) is 4.72. The van der Waals surface area contributed by atoms with Gasteiger partial charge in [0.05, 0.1) is 5.25 Å². The molecule has 28 heavy (non-hydrogen) atoms. The summed E-state index contributed by atoms with van der Waals surface area (Å²) in [6, 6.07) is 6.15. The number of carbonyl (C=O) groups is 1. The average molecular weight is 408 g/mol. The van der Waals surface area contributed by atoms with E-state index < -0.39 is 11.9 Å². The molecule has 152 valence electrons. The van der Waals surface area contributed by atoms with E-state index in [1.807, 2.05) is 11.8 Å². The van der Waals surface area contributed by atoms with Crippen molar-refractivity contribution in [3.63, 3.8) is 0 Å². The summed E-state index contributed by atoms with van der Waals surface area (Å²) in [5.74, 6) is 1.02. The van der Waals surface area contributed by atoms with Crippen LogP contribution in [0.4, 0.5) is 4.39 Å². The van der Waals surface area contributed by atoms with Crippen molar-refractivity contribution in [2.75, 3.05) is 13.1 Å². The van der Waals surface area contributed by atoms with Gasteiger partial charge >= 0.3 is 0 Å². The summed E-state index contributed by atoms with van der Waals surface area (Å²) < 4.78 is 24.9. The summed E-state index contributed by atoms with van der Waals surface area (Å²) in [4.78, 5) is 14.7. The van der Waals surface area contributed by atoms with Crippen LogP contribution >= 0.6 is 11.8 Å². The van der Waals surface area contributed by atoms with Gasteiger partial charge in [-0.05, 0) is 44.2 Å². The summed E-state index contributed by atoms with van der Waals surface area (Å²) >= 11 is 1.23. The van der Waals surface area contributed by atoms with Crippen molar-refractivity contribution in [1.82, 2.24) is 15.1 Å². The normalized spacial score (nSPS) is 22.0. The Balaban J connectivity index is 1.59. The van der Waals surface area contributed by atoms with Crippen molar-refractivity contribution in [1.29, 1.82) is 0 Å². The van der Waals surface area contributed by atoms with Gasteiger partial charge in [0, 0.05) is 13.1 Å². The molecular formula is C20H26FN3O3S. The predicted molar refractivity (Wildman–Crippen MR) is 105 cm³/mol. The number of piperidine rings is 1. The molecule has 3 rings (SSSR count). The maximum absolute atomic E-state index is 13.7. The lowest BCUT2D eigenvalue weighted by molar-refractivity contribution is -0.132. The van der Waals surface area contributed by atoms with E-state index in [9.17, 15) is 9.18 Å². The SMILES string of the molecule is C[C@@H]1C[C@H](C)CN(C(=O)[C@H](C)Sc2nnc([C@H](C)Oc3ccccc3F)o2)C1. The minimum atomic E-state index is -0.603. The highest BCUT2D eigenvalue weighted by molar-refractivity contribution is 8.00. The Kier molecular flexibility index (Phi) is 6.59. The molecule has 2 heterocycles. The fourth-order valence-corrected chi connectivity index (χ4v) is 4.29. The first-order valence-corrected chi connectivity index (χ1v) is 10.4. The number of carbonyl (C=O) groups excluding carboxylic acids is 1. The number of hydrogen-bond acceptors (Lipinski definition) is 6. The minimum absolute atomic E-state index is 0.0822. The van der Waals surface area contributed by atoms with Crippen LogP contribution in [0.3, 0.4) is 0 Å². The number of para-hydroxylation sites is 1. The number of rotatable bonds is 6. The third kappa shape index (κ3) is 5.04. The van der Waals surface area contributed by atoms with Gasteiger partial charge < -0.3 is 14.1 Å². The zero-order chi connectivity index (χ0) is 20.3. The lowest BCUT2D eigenvalue weighted by Crippen LogP contribution is -2.45. The molecule has 0 saturated carbocycles. The fourth-order valence-electron chi connectivity index (χ4n) is 3.52. The lowest BCUT2D eigenvalue weighted by atomic mass is 9.92. The highest BCUT2D eigenvalue weighted by Crippen LogP contribution is 2.29. The molecule has 4 atom stereocenters. The van der Waals surface area contributed by atoms with Crippen molar-refractivity contribution in [3.8, 4) is 5.75 Å². The molecule has 1 aromatic carbocycles. The second kappa shape index (κ2) is 8.94. The van der Waals surface area contributed by atoms with Gasteiger partial charge in [-0.25, -0.2) is 4.39 Å². The molecule has 1 amide bonds. The number of nitrogens with zero attached hydrogens (tertiary/aromatic N) is 3. The van der Waals surface area contributed by atoms with Gasteiger partial charge in [0.25, 0.3) is 11.1 Å². The summed E-state index contributed by atoms with van der Waals surface area (Å²) in [5.41, 5.74) is 0. The van der Waals surface area contributed by atoms with Crippen molar-refractivity contribution < 1.29 is 18.3 Å². The number of ether oxygens (including phenoxy) is 1. The zero-order valence-corrected chi connectivity index (χ0v) is 17.4. The van der Waals surface area contributed by atoms with Gasteiger partial charge in [-0.2, -0.15) is 0 Å². The molecule has 0 spiro atoms. The first kappa shape index (κ1) is 20.6. The van der Waals surface area contributed by atoms with E-state index >= 15 is 0 Å². The summed E-state index contributed by atoms with van der Waals surface area (Å²) in [5, 5.41) is 7.96. The Hall–Kier alpha value is -2.09. The van der Waals surface area contributed by atoms with E-state index in [0.717, 1.165) is 19.5 Å². The number of likely N-dealkylation sites (tertiary alicyclic amines) is 1. The Morgan fingerprint density at radius 3 is 2.61 bits per heavy atom. The summed E-state index contributed by atoms with van der Waals surface area (Å²) in [6.07, 6.45) is 0.548. The van der Waals surface area contributed by atoms with E-state index in [2.05, 4.69) is 24.0 Å². The number of amides is 1. The van der Waals surface area contributed by atoms with Crippen molar-refractivity contribution >= 4 is 17.7 Å². The van der Waals surface area contributed by atoms with E-state index in [1.54, 1.807) is 25.1 Å². The van der Waals surface area contributed by atoms with Gasteiger partial charge in [-0.1, -0.05) is 37.7 Å². The predicted octanol–water partition coefficient (Wildman–Crippen LogP) is 4.33. The van der Waals surface area contributed by atoms with E-state index in [4.69, 9.17) is 9.15 Å². The van der Waals surface area contributed by atoms with E-state index in [-0.39, 0.29) is 22.8 Å². The molecule has 1 aliphatic heterocycles. The zero-order valence-electron chi connectivity index (χ0n) is 16.6. The summed E-state index contributed by atoms with van der Waals surface area (Å²) in [6.45, 7) is 9.48. The Morgan fingerprint density at radius 1 is 1.25 bits per heavy atom. The molecule has 8 heteroatoms. The second-order valence-corrected chi connectivity index (χ2v) is 8.84. The third-order valence-corrected chi connectivity index (χ3v) is 5.64. The van der Waals surface area contributed by atoms with Crippen molar-refractivity contribution in [2.45, 2.75) is 50.7 Å². The van der Waals surface area contributed by atoms with Crippen molar-refractivity contribution in [3.05, 3.63) is 36.0 Å². The molecular weight excluding hydrogens is 381 g/mol. The number of halogens is 1. The van der Waals surface area contributed by atoms with E-state index in [0.29, 0.717) is 17.1 Å². The smallest absolute Gasteiger partial charge is 0.277 e. The number of thioether (sulfide) groups is 1. The standard InChI is InChI=1S/C20H26FN3O3S/c1-12-9-13(2)11-24(10-12)19(25)15(4)28-20-23-22-18(27-20)14(3)26-17-8-6-5-7-16(17)21/h5-8,12-15H,9-11H2,1-4H3/t12-,13+,14-,15-/m0/s1. The van der Waals surface area contributed by atoms with Crippen LogP contribution in [0.5, 0.6) is 5.75 Å². The molecule has 0 bridgehead atoms. The molecule has 0 aliphatic carbocycles. The van der Waals surface area contributed by atoms with Crippen LogP contribution in [-0.2, 0) is 4.79 Å². The minimum Gasteiger partial charge on any atom is -0.478 e. The molecule has 0 unspecified atom stereocenters. The monoisotopic (exact) mass is 407 g/mol. The van der Waals surface area contributed by atoms with Crippen LogP contribution in [0.15, 0.2) is 33.9 Å². The number of aromatic nitrogens is 2. The number of benzene rings is 1. The lowest BCUT2D eigenvalue weighted by Gasteiger charge is -2.36. The molecule has 1 fully saturated rings. The molecule has 0 N–H and O–H groups in total. The Bertz CT molecular complexity index is 805. The molecule has 1 aromatic heterocycles. The fraction of sp³-hybridized carbons (Fsp3) is 0.550. The molecule has 1 aliphatic rings. The largest absolute Gasteiger partial charge is 0.478 e. The quantitative estimate of drug-likeness (QED) is 0.664. The second-order valence-electron chi connectivity index (χ2n) is 7.55. The molecule has 2 aromatic rings. The van der Waals surface area contributed by atoms with Crippen LogP contribution < -0.4 is 4.74 Å². The maximum atomic E-state index is 13.7. The summed E-state index contributed by atoms with van der Waals surface area (Å²) in [7, 11) is 0. The van der Waals surface area contributed by atoms with Crippen LogP contribution in [0.2, 0.25) is 0 Å². The molecule has 0 radical (unpaired) electrons. The van der Waals surface area contributed by atoms with E-state index in [1.165, 1.54) is 17.8 Å². The topological polar surface area (TPSA) is 68.5 Å². The maximum Gasteiger partial charge on any atom is 0.277 e. The van der Waals surface area contributed by atoms with Crippen LogP contribution in [0.1, 0.15) is 46.1 Å². The first-order chi connectivity index (χ1) is 13.3. The first-order valence-electron chi connectivity index (χ1n) is 9.53. The van der Waals surface area contributed by atoms with Crippen LogP contribution in [0, 0.1) is 17.7 Å². The number of hydrogen-bond donors (Lipinski definition) is 0. The average Bonchev–Trinajstić information content (AvgIpc) is 3.10.